The average Bonchev–Trinajstić information content (AvgIpc) is 3.62. The van der Waals surface area contributed by atoms with E-state index in [0.29, 0.717) is 37.3 Å². The van der Waals surface area contributed by atoms with E-state index in [1.54, 1.807) is 17.8 Å². The second-order valence-electron chi connectivity index (χ2n) is 11.1. The smallest absolute Gasteiger partial charge is 0.204 e. The Balaban J connectivity index is 1.42. The van der Waals surface area contributed by atoms with Crippen LogP contribution in [0.4, 0.5) is 13.2 Å². The number of ether oxygens (including phenoxy) is 2. The zero-order valence-electron chi connectivity index (χ0n) is 24.1. The number of nitrogens with zero attached hydrogens (tertiary/aromatic N) is 2. The minimum absolute atomic E-state index is 0.0105. The van der Waals surface area contributed by atoms with Crippen molar-refractivity contribution in [1.82, 2.24) is 14.5 Å². The molecule has 1 atom stereocenters. The summed E-state index contributed by atoms with van der Waals surface area (Å²) in [4.78, 5) is 17.8. The van der Waals surface area contributed by atoms with Gasteiger partial charge in [0.25, 0.3) is 0 Å². The summed E-state index contributed by atoms with van der Waals surface area (Å²) in [5, 5.41) is -0.0724. The van der Waals surface area contributed by atoms with Crippen LogP contribution >= 0.6 is 0 Å². The minimum Gasteiger partial charge on any atom is -0.493 e. The lowest BCUT2D eigenvalue weighted by atomic mass is 9.74. The highest BCUT2D eigenvalue weighted by Crippen LogP contribution is 2.46. The summed E-state index contributed by atoms with van der Waals surface area (Å²) in [5.74, 6) is -3.44. The van der Waals surface area contributed by atoms with Crippen LogP contribution in [-0.4, -0.2) is 42.1 Å². The van der Waals surface area contributed by atoms with Gasteiger partial charge in [-0.3, -0.25) is 0 Å². The Bertz CT molecular complexity index is 2050. The molecule has 1 unspecified atom stereocenters. The number of fused-ring (bicyclic) bond motifs is 2. The molecule has 6 rings (SSSR count). The minimum atomic E-state index is -4.09. The van der Waals surface area contributed by atoms with Crippen molar-refractivity contribution in [2.45, 2.75) is 36.5 Å². The molecule has 0 bridgehead atoms. The first-order valence-electron chi connectivity index (χ1n) is 13.8. The Hall–Kier alpha value is -4.58. The molecule has 0 amide bonds. The fraction of sp³-hybridized carbons (Fsp3) is 0.250. The Labute approximate surface area is 251 Å². The number of aromatic amines is 1. The molecule has 3 heterocycles. The molecule has 12 heteroatoms. The summed E-state index contributed by atoms with van der Waals surface area (Å²) in [7, 11) is -2.38. The van der Waals surface area contributed by atoms with Crippen LogP contribution in [0.1, 0.15) is 36.6 Å². The van der Waals surface area contributed by atoms with E-state index in [2.05, 4.69) is 4.98 Å². The Morgan fingerprint density at radius 3 is 2.70 bits per heavy atom. The average molecular weight is 624 g/mol. The summed E-state index contributed by atoms with van der Waals surface area (Å²) >= 11 is 0. The predicted molar refractivity (Wildman–Crippen MR) is 157 cm³/mol. The van der Waals surface area contributed by atoms with Gasteiger partial charge in [0.1, 0.15) is 34.3 Å². The maximum Gasteiger partial charge on any atom is 0.204 e. The second-order valence-corrected chi connectivity index (χ2v) is 13.0. The number of aromatic nitrogens is 3. The van der Waals surface area contributed by atoms with Crippen LogP contribution in [0.15, 0.2) is 59.8 Å². The maximum atomic E-state index is 15.3. The van der Waals surface area contributed by atoms with Crippen LogP contribution in [0.2, 0.25) is 0 Å². The number of benzene rings is 3. The number of imidazole rings is 1. The fourth-order valence-corrected chi connectivity index (χ4v) is 6.87. The first-order valence-corrected chi connectivity index (χ1v) is 15.7. The molecule has 0 radical (unpaired) electrons. The molecule has 1 aliphatic rings. The van der Waals surface area contributed by atoms with E-state index in [9.17, 15) is 17.6 Å². The summed E-state index contributed by atoms with van der Waals surface area (Å²) in [5.41, 5.74) is 1.58. The van der Waals surface area contributed by atoms with E-state index in [-0.39, 0.29) is 28.0 Å². The summed E-state index contributed by atoms with van der Waals surface area (Å²) in [6.45, 7) is 2.45. The molecular weight excluding hydrogens is 595 g/mol. The van der Waals surface area contributed by atoms with Crippen LogP contribution in [0.3, 0.4) is 0 Å². The highest BCUT2D eigenvalue weighted by atomic mass is 32.2. The summed E-state index contributed by atoms with van der Waals surface area (Å²) < 4.78 is 84.1. The molecule has 0 saturated heterocycles. The van der Waals surface area contributed by atoms with Gasteiger partial charge in [0.15, 0.2) is 21.4 Å². The van der Waals surface area contributed by atoms with E-state index in [0.717, 1.165) is 29.7 Å². The van der Waals surface area contributed by atoms with Gasteiger partial charge in [-0.1, -0.05) is 18.2 Å². The number of sulfone groups is 1. The van der Waals surface area contributed by atoms with Crippen LogP contribution in [-0.2, 0) is 33.5 Å². The highest BCUT2D eigenvalue weighted by Gasteiger charge is 2.38. The van der Waals surface area contributed by atoms with E-state index in [1.807, 2.05) is 25.1 Å². The quantitative estimate of drug-likeness (QED) is 0.159. The third-order valence-corrected chi connectivity index (χ3v) is 9.24. The molecule has 0 saturated carbocycles. The number of hydrogen-bond donors (Lipinski definition) is 1. The van der Waals surface area contributed by atoms with E-state index < -0.39 is 43.3 Å². The molecule has 44 heavy (non-hydrogen) atoms. The Morgan fingerprint density at radius 1 is 1.16 bits per heavy atom. The molecule has 2 aromatic heterocycles. The lowest BCUT2D eigenvalue weighted by molar-refractivity contribution is -0.107. The molecule has 0 aliphatic carbocycles. The fourth-order valence-electron chi connectivity index (χ4n) is 5.83. The molecule has 8 nitrogen and oxygen atoms in total. The zero-order chi connectivity index (χ0) is 31.4. The molecule has 228 valence electrons. The lowest BCUT2D eigenvalue weighted by Gasteiger charge is -2.35. The van der Waals surface area contributed by atoms with Crippen molar-refractivity contribution < 1.29 is 35.9 Å². The number of aldehydes is 1. The van der Waals surface area contributed by atoms with E-state index >= 15 is 8.78 Å². The van der Waals surface area contributed by atoms with E-state index in [1.165, 1.54) is 24.4 Å². The Morgan fingerprint density at radius 2 is 1.95 bits per heavy atom. The zero-order valence-corrected chi connectivity index (χ0v) is 24.9. The number of carbonyl (C=O) groups is 1. The lowest BCUT2D eigenvalue weighted by Crippen LogP contribution is -2.32. The first kappa shape index (κ1) is 29.5. The maximum absolute atomic E-state index is 15.3. The van der Waals surface area contributed by atoms with Gasteiger partial charge in [-0.2, -0.15) is 4.39 Å². The van der Waals surface area contributed by atoms with Crippen LogP contribution in [0.25, 0.3) is 22.3 Å². The largest absolute Gasteiger partial charge is 0.493 e. The van der Waals surface area contributed by atoms with Crippen molar-refractivity contribution in [2.75, 3.05) is 12.9 Å². The van der Waals surface area contributed by atoms with Crippen LogP contribution < -0.4 is 9.47 Å². The number of H-pyrrole nitrogens is 1. The number of aryl methyl sites for hydroxylation is 2. The van der Waals surface area contributed by atoms with Gasteiger partial charge >= 0.3 is 0 Å². The number of hydrogen-bond acceptors (Lipinski definition) is 6. The molecule has 0 spiro atoms. The van der Waals surface area contributed by atoms with Gasteiger partial charge < -0.3 is 23.8 Å². The monoisotopic (exact) mass is 623 g/mol. The van der Waals surface area contributed by atoms with Gasteiger partial charge in [-0.25, -0.2) is 22.2 Å². The van der Waals surface area contributed by atoms with Crippen LogP contribution in [0, 0.1) is 17.5 Å². The highest BCUT2D eigenvalue weighted by molar-refractivity contribution is 7.91. The van der Waals surface area contributed by atoms with Gasteiger partial charge in [-0.05, 0) is 49.6 Å². The topological polar surface area (TPSA) is 103 Å². The first-order chi connectivity index (χ1) is 20.9. The molecule has 3 aromatic carbocycles. The molecular formula is C32H28F3N3O5S. The molecule has 5 aromatic rings. The van der Waals surface area contributed by atoms with Gasteiger partial charge in [-0.15, -0.1) is 0 Å². The normalized spacial score (nSPS) is 16.5. The third-order valence-electron chi connectivity index (χ3n) is 8.09. The standard InChI is InChI=1S/C32H28F3N3O5S/c1-32(12-15-42-28-18(7-5-14-39)6-4-8-22(28)32)24-17-38(2)31(37-24)21-16-19(9-10-23(21)33)43-29-26(35)25(34)27-20(11-13-36-27)30(29)44(3,40)41/h4,6,8-11,13-14,16-17,36H,5,7,12,15H2,1-3H3. The van der Waals surface area contributed by atoms with Gasteiger partial charge in [0, 0.05) is 48.5 Å². The summed E-state index contributed by atoms with van der Waals surface area (Å²) in [6, 6.07) is 10.7. The van der Waals surface area contributed by atoms with Crippen molar-refractivity contribution in [1.29, 1.82) is 0 Å². The number of carbonyl (C=O) groups excluding carboxylic acids is 1. The van der Waals surface area contributed by atoms with E-state index in [4.69, 9.17) is 14.5 Å². The van der Waals surface area contributed by atoms with Crippen molar-refractivity contribution in [3.05, 3.63) is 89.1 Å². The molecule has 0 fully saturated rings. The van der Waals surface area contributed by atoms with Gasteiger partial charge in [0.2, 0.25) is 5.82 Å². The number of rotatable bonds is 8. The number of halogens is 3. The van der Waals surface area contributed by atoms with Crippen LogP contribution in [0.5, 0.6) is 17.2 Å². The number of para-hydroxylation sites is 1. The van der Waals surface area contributed by atoms with Gasteiger partial charge in [0.05, 0.1) is 23.4 Å². The number of nitrogens with one attached hydrogen (secondary N) is 1. The Kier molecular flexibility index (Phi) is 7.27. The van der Waals surface area contributed by atoms with Crippen molar-refractivity contribution >= 4 is 27.0 Å². The second kappa shape index (κ2) is 10.8. The van der Waals surface area contributed by atoms with Crippen molar-refractivity contribution in [3.8, 4) is 28.6 Å². The van der Waals surface area contributed by atoms with Crippen molar-refractivity contribution in [2.24, 2.45) is 7.05 Å². The molecule has 1 N–H and O–H groups in total. The summed E-state index contributed by atoms with van der Waals surface area (Å²) in [6.07, 6.45) is 6.32. The predicted octanol–water partition coefficient (Wildman–Crippen LogP) is 6.40. The SMILES string of the molecule is Cn1cc(C2(C)CCOc3c(CCC=O)cccc32)nc1-c1cc(Oc2c(F)c(F)c3[nH]ccc3c2S(C)(=O)=O)ccc1F. The molecule has 1 aliphatic heterocycles. The van der Waals surface area contributed by atoms with Crippen molar-refractivity contribution in [3.63, 3.8) is 0 Å². The third kappa shape index (κ3) is 4.83.